The van der Waals surface area contributed by atoms with Crippen LogP contribution in [0.25, 0.3) is 0 Å². The monoisotopic (exact) mass is 379 g/mol. The van der Waals surface area contributed by atoms with Crippen LogP contribution in [-0.2, 0) is 9.53 Å². The number of anilines is 2. The van der Waals surface area contributed by atoms with Crippen LogP contribution >= 0.6 is 23.2 Å². The lowest BCUT2D eigenvalue weighted by atomic mass is 10.2. The third kappa shape index (κ3) is 3.76. The van der Waals surface area contributed by atoms with Crippen LogP contribution in [0.1, 0.15) is 20.8 Å². The molecule has 0 saturated heterocycles. The standard InChI is InChI=1S/C18H19Cl2N3O2/c1-4-22-15-9-13(19)14(20)10-16(15)23(5-2)17(22)8-7-12(11-21)18(24)25-6-3/h7-10H,4-6H2,1-3H3/b12-7+. The lowest BCUT2D eigenvalue weighted by molar-refractivity contribution is -0.138. The molecule has 0 spiro atoms. The van der Waals surface area contributed by atoms with Gasteiger partial charge in [-0.25, -0.2) is 4.79 Å². The van der Waals surface area contributed by atoms with Crippen molar-refractivity contribution in [2.24, 2.45) is 0 Å². The maximum Gasteiger partial charge on any atom is 0.348 e. The molecule has 0 fully saturated rings. The summed E-state index contributed by atoms with van der Waals surface area (Å²) in [5, 5.41) is 10.1. The summed E-state index contributed by atoms with van der Waals surface area (Å²) in [6.07, 6.45) is 3.22. The molecule has 0 N–H and O–H groups in total. The van der Waals surface area contributed by atoms with Crippen molar-refractivity contribution in [3.63, 3.8) is 0 Å². The van der Waals surface area contributed by atoms with E-state index in [1.54, 1.807) is 13.0 Å². The topological polar surface area (TPSA) is 56.6 Å². The Labute approximate surface area is 157 Å². The van der Waals surface area contributed by atoms with Gasteiger partial charge in [0, 0.05) is 13.1 Å². The fraction of sp³-hybridized carbons (Fsp3) is 0.333. The van der Waals surface area contributed by atoms with Gasteiger partial charge in [0.05, 0.1) is 28.0 Å². The summed E-state index contributed by atoms with van der Waals surface area (Å²) in [6, 6.07) is 5.53. The maximum absolute atomic E-state index is 11.8. The van der Waals surface area contributed by atoms with Crippen LogP contribution in [0.15, 0.2) is 35.7 Å². The van der Waals surface area contributed by atoms with Gasteiger partial charge in [0.1, 0.15) is 17.5 Å². The minimum absolute atomic E-state index is 0.0477. The van der Waals surface area contributed by atoms with Crippen LogP contribution in [0.4, 0.5) is 11.4 Å². The largest absolute Gasteiger partial charge is 0.462 e. The summed E-state index contributed by atoms with van der Waals surface area (Å²) in [7, 11) is 0. The van der Waals surface area contributed by atoms with E-state index in [1.165, 1.54) is 6.08 Å². The van der Waals surface area contributed by atoms with Gasteiger partial charge in [-0.2, -0.15) is 5.26 Å². The number of rotatable bonds is 5. The molecule has 1 aliphatic rings. The number of hydrogen-bond donors (Lipinski definition) is 0. The quantitative estimate of drug-likeness (QED) is 0.427. The van der Waals surface area contributed by atoms with Crippen LogP contribution in [0.5, 0.6) is 0 Å². The summed E-state index contributed by atoms with van der Waals surface area (Å²) >= 11 is 12.3. The molecule has 0 amide bonds. The molecule has 7 heteroatoms. The first-order valence-corrected chi connectivity index (χ1v) is 8.77. The Bertz CT molecular complexity index is 742. The number of carbonyl (C=O) groups excluding carboxylic acids is 1. The van der Waals surface area contributed by atoms with Gasteiger partial charge < -0.3 is 14.5 Å². The maximum atomic E-state index is 11.8. The first-order valence-electron chi connectivity index (χ1n) is 8.01. The molecule has 0 aromatic heterocycles. The zero-order chi connectivity index (χ0) is 18.6. The van der Waals surface area contributed by atoms with Crippen LogP contribution in [-0.4, -0.2) is 25.7 Å². The highest BCUT2D eigenvalue weighted by molar-refractivity contribution is 6.42. The number of halogens is 2. The number of hydrogen-bond acceptors (Lipinski definition) is 5. The SMILES string of the molecule is CCOC(=O)/C(C#N)=C/C=C1N(CC)c2cc(Cl)c(Cl)cc2N1CC. The molecule has 0 bridgehead atoms. The number of allylic oxidation sites excluding steroid dienone is 2. The lowest BCUT2D eigenvalue weighted by Gasteiger charge is -2.23. The Balaban J connectivity index is 2.50. The molecular formula is C18H19Cl2N3O2. The number of fused-ring (bicyclic) bond motifs is 1. The molecule has 1 aliphatic heterocycles. The van der Waals surface area contributed by atoms with Crippen molar-refractivity contribution < 1.29 is 9.53 Å². The molecule has 25 heavy (non-hydrogen) atoms. The first-order chi connectivity index (χ1) is 12.0. The predicted molar refractivity (Wildman–Crippen MR) is 101 cm³/mol. The molecule has 0 radical (unpaired) electrons. The molecule has 1 aromatic rings. The summed E-state index contributed by atoms with van der Waals surface area (Å²) in [5.74, 6) is 0.213. The van der Waals surface area contributed by atoms with Crippen molar-refractivity contribution in [1.82, 2.24) is 0 Å². The van der Waals surface area contributed by atoms with Gasteiger partial charge in [-0.05, 0) is 45.1 Å². The van der Waals surface area contributed by atoms with E-state index in [0.717, 1.165) is 17.2 Å². The summed E-state index contributed by atoms with van der Waals surface area (Å²) < 4.78 is 4.89. The van der Waals surface area contributed by atoms with Gasteiger partial charge in [0.25, 0.3) is 0 Å². The molecule has 0 saturated carbocycles. The summed E-state index contributed by atoms with van der Waals surface area (Å²) in [5.41, 5.74) is 1.83. The van der Waals surface area contributed by atoms with Crippen molar-refractivity contribution in [2.75, 3.05) is 29.5 Å². The molecule has 0 aliphatic carbocycles. The van der Waals surface area contributed by atoms with Gasteiger partial charge in [-0.3, -0.25) is 0 Å². The minimum Gasteiger partial charge on any atom is -0.462 e. The number of nitrogens with zero attached hydrogens (tertiary/aromatic N) is 3. The van der Waals surface area contributed by atoms with Crippen molar-refractivity contribution in [3.8, 4) is 6.07 Å². The van der Waals surface area contributed by atoms with Crippen LogP contribution in [0.3, 0.4) is 0 Å². The number of nitriles is 1. The molecule has 132 valence electrons. The Morgan fingerprint density at radius 2 is 1.68 bits per heavy atom. The van der Waals surface area contributed by atoms with Gasteiger partial charge in [-0.1, -0.05) is 23.2 Å². The number of benzene rings is 1. The van der Waals surface area contributed by atoms with E-state index in [2.05, 4.69) is 9.80 Å². The molecule has 5 nitrogen and oxygen atoms in total. The normalized spacial score (nSPS) is 13.6. The third-order valence-corrected chi connectivity index (χ3v) is 4.52. The van der Waals surface area contributed by atoms with Crippen molar-refractivity contribution in [3.05, 3.63) is 45.7 Å². The third-order valence-electron chi connectivity index (χ3n) is 3.80. The van der Waals surface area contributed by atoms with E-state index in [4.69, 9.17) is 27.9 Å². The van der Waals surface area contributed by atoms with Crippen molar-refractivity contribution in [2.45, 2.75) is 20.8 Å². The van der Waals surface area contributed by atoms with Gasteiger partial charge in [-0.15, -0.1) is 0 Å². The molecular weight excluding hydrogens is 361 g/mol. The highest BCUT2D eigenvalue weighted by Crippen LogP contribution is 2.45. The van der Waals surface area contributed by atoms with Gasteiger partial charge in [0.15, 0.2) is 0 Å². The fourth-order valence-corrected chi connectivity index (χ4v) is 3.03. The zero-order valence-corrected chi connectivity index (χ0v) is 15.9. The van der Waals surface area contributed by atoms with E-state index in [0.29, 0.717) is 23.1 Å². The molecule has 2 rings (SSSR count). The molecule has 0 unspecified atom stereocenters. The first kappa shape index (κ1) is 19.2. The van der Waals surface area contributed by atoms with E-state index in [-0.39, 0.29) is 12.2 Å². The average molecular weight is 380 g/mol. The van der Waals surface area contributed by atoms with E-state index >= 15 is 0 Å². The molecule has 1 heterocycles. The lowest BCUT2D eigenvalue weighted by Crippen LogP contribution is -2.28. The number of ether oxygens (including phenoxy) is 1. The van der Waals surface area contributed by atoms with E-state index in [1.807, 2.05) is 32.0 Å². The molecule has 0 atom stereocenters. The second-order valence-electron chi connectivity index (χ2n) is 5.18. The van der Waals surface area contributed by atoms with E-state index < -0.39 is 5.97 Å². The Hall–Kier alpha value is -2.16. The Morgan fingerprint density at radius 1 is 1.16 bits per heavy atom. The summed E-state index contributed by atoms with van der Waals surface area (Å²) in [6.45, 7) is 7.34. The molecule has 1 aromatic carbocycles. The van der Waals surface area contributed by atoms with Crippen LogP contribution in [0, 0.1) is 11.3 Å². The highest BCUT2D eigenvalue weighted by Gasteiger charge is 2.30. The predicted octanol–water partition coefficient (Wildman–Crippen LogP) is 4.51. The highest BCUT2D eigenvalue weighted by atomic mass is 35.5. The average Bonchev–Trinajstić information content (AvgIpc) is 2.87. The number of carbonyl (C=O) groups is 1. The zero-order valence-electron chi connectivity index (χ0n) is 14.3. The number of esters is 1. The Kier molecular flexibility index (Phi) is 6.35. The Morgan fingerprint density at radius 3 is 2.08 bits per heavy atom. The van der Waals surface area contributed by atoms with E-state index in [9.17, 15) is 10.1 Å². The van der Waals surface area contributed by atoms with Crippen LogP contribution in [0.2, 0.25) is 10.0 Å². The second-order valence-corrected chi connectivity index (χ2v) is 6.00. The second kappa shape index (κ2) is 8.28. The van der Waals surface area contributed by atoms with Crippen molar-refractivity contribution >= 4 is 40.5 Å². The van der Waals surface area contributed by atoms with Gasteiger partial charge in [0.2, 0.25) is 0 Å². The van der Waals surface area contributed by atoms with Crippen LogP contribution < -0.4 is 9.80 Å². The van der Waals surface area contributed by atoms with Gasteiger partial charge >= 0.3 is 5.97 Å². The fourth-order valence-electron chi connectivity index (χ4n) is 2.71. The summed E-state index contributed by atoms with van der Waals surface area (Å²) in [4.78, 5) is 15.9. The minimum atomic E-state index is -0.630. The smallest absolute Gasteiger partial charge is 0.348 e. The van der Waals surface area contributed by atoms with Crippen molar-refractivity contribution in [1.29, 1.82) is 5.26 Å².